The molecule has 0 aliphatic carbocycles. The first-order valence-corrected chi connectivity index (χ1v) is 1.77. The Morgan fingerprint density at radius 2 is 2.12 bits per heavy atom. The Kier molecular flexibility index (Phi) is 5.83. The Morgan fingerprint density at radius 3 is 2.12 bits per heavy atom. The fourth-order valence-corrected chi connectivity index (χ4v) is 0.0781. The van der Waals surface area contributed by atoms with Crippen molar-refractivity contribution in [2.75, 3.05) is 6.61 Å². The lowest BCUT2D eigenvalue weighted by molar-refractivity contribution is -0.139. The number of carboxylic acid groups (broad SMARTS) is 1. The number of hydrogen-bond donors (Lipinski definition) is 3. The van der Waals surface area contributed by atoms with Crippen LogP contribution in [-0.2, 0) is 4.79 Å². The average Bonchev–Trinajstić information content (AvgIpc) is 1.65. The molecular weight excluding hydrogens is 114 g/mol. The van der Waals surface area contributed by atoms with Gasteiger partial charge < -0.3 is 21.4 Å². The summed E-state index contributed by atoms with van der Waals surface area (Å²) in [5.41, 5.74) is 4.77. The predicted octanol–water partition coefficient (Wildman–Crippen LogP) is -2.43. The van der Waals surface area contributed by atoms with Crippen LogP contribution in [0.5, 0.6) is 0 Å². The van der Waals surface area contributed by atoms with Crippen molar-refractivity contribution in [3.63, 3.8) is 0 Å². The first-order valence-electron chi connectivity index (χ1n) is 1.77. The number of hydrogen-bond acceptors (Lipinski definition) is 3. The lowest BCUT2D eigenvalue weighted by Gasteiger charge is -1.96. The second-order valence-corrected chi connectivity index (χ2v) is 1.13. The van der Waals surface area contributed by atoms with E-state index < -0.39 is 18.6 Å². The van der Waals surface area contributed by atoms with Crippen LogP contribution >= 0.6 is 0 Å². The Morgan fingerprint density at radius 1 is 1.75 bits per heavy atom. The minimum Gasteiger partial charge on any atom is -0.480 e. The molecule has 1 unspecified atom stereocenters. The summed E-state index contributed by atoms with van der Waals surface area (Å²) in [7, 11) is 0. The molecule has 0 aliphatic rings. The molecule has 0 aromatic heterocycles. The Bertz CT molecular complexity index is 73.7. The highest BCUT2D eigenvalue weighted by atomic mass is 16.4. The molecule has 5 heteroatoms. The lowest BCUT2D eigenvalue weighted by Crippen LogP contribution is -2.33. The van der Waals surface area contributed by atoms with Crippen molar-refractivity contribution in [1.82, 2.24) is 0 Å². The van der Waals surface area contributed by atoms with Gasteiger partial charge in [0.2, 0.25) is 0 Å². The molecule has 0 saturated heterocycles. The van der Waals surface area contributed by atoms with E-state index in [1.54, 1.807) is 0 Å². The number of carbonyl (C=O) groups is 1. The number of aliphatic carboxylic acids is 1. The zero-order chi connectivity index (χ0) is 5.86. The van der Waals surface area contributed by atoms with E-state index in [4.69, 9.17) is 15.9 Å². The summed E-state index contributed by atoms with van der Waals surface area (Å²) in [5.74, 6) is -1.18. The standard InChI is InChI=1S/C3H7NO3.H2O/c4-2(1-5)3(6)7;/h2,5H,1,4H2,(H,6,7);1H2. The molecule has 0 bridgehead atoms. The summed E-state index contributed by atoms with van der Waals surface area (Å²) < 4.78 is 0. The molecule has 1 atom stereocenters. The molecule has 0 fully saturated rings. The first-order chi connectivity index (χ1) is 3.18. The number of aliphatic hydroxyl groups is 1. The van der Waals surface area contributed by atoms with Crippen LogP contribution in [0.1, 0.15) is 0 Å². The predicted molar refractivity (Wildman–Crippen MR) is 26.3 cm³/mol. The third kappa shape index (κ3) is 3.54. The first kappa shape index (κ1) is 10.4. The zero-order valence-electron chi connectivity index (χ0n) is 4.16. The molecule has 8 heavy (non-hydrogen) atoms. The molecule has 50 valence electrons. The van der Waals surface area contributed by atoms with Gasteiger partial charge in [0.25, 0.3) is 0 Å². The highest BCUT2D eigenvalue weighted by molar-refractivity contribution is 5.73. The summed E-state index contributed by atoms with van der Waals surface area (Å²) >= 11 is 0. The van der Waals surface area contributed by atoms with Crippen LogP contribution in [0.4, 0.5) is 0 Å². The van der Waals surface area contributed by atoms with Gasteiger partial charge in [-0.25, -0.2) is 0 Å². The monoisotopic (exact) mass is 123 g/mol. The lowest BCUT2D eigenvalue weighted by atomic mass is 10.3. The molecule has 0 aromatic rings. The maximum absolute atomic E-state index is 9.65. The topological polar surface area (TPSA) is 115 Å². The summed E-state index contributed by atoms with van der Waals surface area (Å²) in [5, 5.41) is 15.9. The molecule has 5 nitrogen and oxygen atoms in total. The van der Waals surface area contributed by atoms with Gasteiger partial charge in [0.1, 0.15) is 6.04 Å². The van der Waals surface area contributed by atoms with E-state index in [1.165, 1.54) is 0 Å². The maximum Gasteiger partial charge on any atom is 0.322 e. The second-order valence-electron chi connectivity index (χ2n) is 1.13. The molecule has 0 saturated carbocycles. The molecule has 0 rings (SSSR count). The van der Waals surface area contributed by atoms with Gasteiger partial charge in [-0.05, 0) is 0 Å². The van der Waals surface area contributed by atoms with Gasteiger partial charge in [0, 0.05) is 0 Å². The van der Waals surface area contributed by atoms with Crippen LogP contribution < -0.4 is 5.73 Å². The van der Waals surface area contributed by atoms with Gasteiger partial charge >= 0.3 is 5.97 Å². The summed E-state index contributed by atoms with van der Waals surface area (Å²) in [4.78, 5) is 9.65. The van der Waals surface area contributed by atoms with Crippen molar-refractivity contribution in [3.05, 3.63) is 0 Å². The normalized spacial score (nSPS) is 11.8. The van der Waals surface area contributed by atoms with Crippen molar-refractivity contribution < 1.29 is 20.5 Å². The van der Waals surface area contributed by atoms with Crippen LogP contribution in [0.2, 0.25) is 0 Å². The van der Waals surface area contributed by atoms with Gasteiger partial charge in [-0.3, -0.25) is 4.79 Å². The van der Waals surface area contributed by atoms with Crippen molar-refractivity contribution in [1.29, 1.82) is 0 Å². The van der Waals surface area contributed by atoms with E-state index in [9.17, 15) is 4.79 Å². The van der Waals surface area contributed by atoms with E-state index in [1.807, 2.05) is 0 Å². The third-order valence-electron chi connectivity index (χ3n) is 0.514. The number of rotatable bonds is 2. The molecule has 0 aliphatic heterocycles. The molecule has 0 heterocycles. The number of aliphatic hydroxyl groups excluding tert-OH is 1. The van der Waals surface area contributed by atoms with E-state index in [2.05, 4.69) is 0 Å². The molecule has 0 radical (unpaired) electrons. The van der Waals surface area contributed by atoms with Crippen LogP contribution in [0.25, 0.3) is 0 Å². The van der Waals surface area contributed by atoms with Crippen molar-refractivity contribution in [2.24, 2.45) is 5.73 Å². The Labute approximate surface area is 46.0 Å². The van der Waals surface area contributed by atoms with Gasteiger partial charge in [0.15, 0.2) is 0 Å². The minimum atomic E-state index is -1.18. The quantitative estimate of drug-likeness (QED) is 0.378. The highest BCUT2D eigenvalue weighted by Gasteiger charge is 2.06. The van der Waals surface area contributed by atoms with E-state index in [0.29, 0.717) is 0 Å². The molecule has 0 spiro atoms. The average molecular weight is 123 g/mol. The Hall–Kier alpha value is -0.650. The maximum atomic E-state index is 9.65. The van der Waals surface area contributed by atoms with Crippen molar-refractivity contribution in [3.8, 4) is 0 Å². The van der Waals surface area contributed by atoms with Crippen LogP contribution in [-0.4, -0.2) is 34.3 Å². The van der Waals surface area contributed by atoms with Gasteiger partial charge in [-0.1, -0.05) is 0 Å². The van der Waals surface area contributed by atoms with Gasteiger partial charge in [-0.15, -0.1) is 0 Å². The van der Waals surface area contributed by atoms with Crippen molar-refractivity contribution >= 4 is 5.97 Å². The largest absolute Gasteiger partial charge is 0.480 e. The minimum absolute atomic E-state index is 0. The van der Waals surface area contributed by atoms with Gasteiger partial charge in [-0.2, -0.15) is 0 Å². The molecule has 0 aromatic carbocycles. The Balaban J connectivity index is 0. The summed E-state index contributed by atoms with van der Waals surface area (Å²) in [6.07, 6.45) is 0. The number of carboxylic acids is 1. The van der Waals surface area contributed by atoms with Gasteiger partial charge in [0.05, 0.1) is 6.61 Å². The second kappa shape index (κ2) is 4.51. The zero-order valence-corrected chi connectivity index (χ0v) is 4.16. The van der Waals surface area contributed by atoms with E-state index >= 15 is 0 Å². The van der Waals surface area contributed by atoms with Crippen LogP contribution in [0, 0.1) is 0 Å². The molecule has 6 N–H and O–H groups in total. The van der Waals surface area contributed by atoms with Crippen LogP contribution in [0.15, 0.2) is 0 Å². The van der Waals surface area contributed by atoms with E-state index in [0.717, 1.165) is 0 Å². The van der Waals surface area contributed by atoms with Crippen LogP contribution in [0.3, 0.4) is 0 Å². The molecular formula is C3H9NO4. The third-order valence-corrected chi connectivity index (χ3v) is 0.514. The fourth-order valence-electron chi connectivity index (χ4n) is 0.0781. The smallest absolute Gasteiger partial charge is 0.322 e. The van der Waals surface area contributed by atoms with E-state index in [-0.39, 0.29) is 5.48 Å². The SMILES string of the molecule is NC(CO)C(=O)O.O. The highest BCUT2D eigenvalue weighted by Crippen LogP contribution is 1.71. The van der Waals surface area contributed by atoms with Crippen molar-refractivity contribution in [2.45, 2.75) is 6.04 Å². The number of nitrogens with two attached hydrogens (primary N) is 1. The summed E-state index contributed by atoms with van der Waals surface area (Å²) in [6.45, 7) is -0.505. The fraction of sp³-hybridized carbons (Fsp3) is 0.667. The summed E-state index contributed by atoms with van der Waals surface area (Å²) in [6, 6.07) is -1.13. The molecule has 0 amide bonds.